The van der Waals surface area contributed by atoms with Crippen molar-refractivity contribution < 1.29 is 0 Å². The molecule has 0 saturated heterocycles. The lowest BCUT2D eigenvalue weighted by atomic mass is 10.1. The quantitative estimate of drug-likeness (QED) is 0.770. The Hall–Kier alpha value is -2.70. The molecule has 0 atom stereocenters. The summed E-state index contributed by atoms with van der Waals surface area (Å²) >= 11 is 0. The number of rotatable bonds is 4. The molecule has 23 heavy (non-hydrogen) atoms. The maximum atomic E-state index is 4.46. The van der Waals surface area contributed by atoms with Crippen LogP contribution in [0.4, 0.5) is 17.3 Å². The van der Waals surface area contributed by atoms with Crippen LogP contribution >= 0.6 is 0 Å². The SMILES string of the molecule is CCNc1ccc(Nc2ncnc3c2cnn3C(C)(C)C)cn1. The molecule has 0 unspecified atom stereocenters. The van der Waals surface area contributed by atoms with Crippen LogP contribution in [-0.2, 0) is 5.54 Å². The topological polar surface area (TPSA) is 80.5 Å². The maximum Gasteiger partial charge on any atom is 0.163 e. The molecule has 7 heteroatoms. The summed E-state index contributed by atoms with van der Waals surface area (Å²) in [6.07, 6.45) is 5.12. The van der Waals surface area contributed by atoms with Gasteiger partial charge in [0, 0.05) is 6.54 Å². The highest BCUT2D eigenvalue weighted by Gasteiger charge is 2.19. The number of fused-ring (bicyclic) bond motifs is 1. The van der Waals surface area contributed by atoms with Crippen LogP contribution in [0.5, 0.6) is 0 Å². The van der Waals surface area contributed by atoms with Gasteiger partial charge in [0.1, 0.15) is 18.0 Å². The third-order valence-electron chi connectivity index (χ3n) is 3.39. The molecule has 0 aromatic carbocycles. The fourth-order valence-electron chi connectivity index (χ4n) is 2.32. The van der Waals surface area contributed by atoms with Crippen molar-refractivity contribution >= 4 is 28.4 Å². The Morgan fingerprint density at radius 3 is 2.57 bits per heavy atom. The number of hydrogen-bond acceptors (Lipinski definition) is 6. The number of hydrogen-bond donors (Lipinski definition) is 2. The fraction of sp³-hybridized carbons (Fsp3) is 0.375. The van der Waals surface area contributed by atoms with Crippen molar-refractivity contribution in [3.8, 4) is 0 Å². The van der Waals surface area contributed by atoms with Crippen LogP contribution in [0.3, 0.4) is 0 Å². The summed E-state index contributed by atoms with van der Waals surface area (Å²) in [6, 6.07) is 3.90. The number of nitrogens with zero attached hydrogens (tertiary/aromatic N) is 5. The molecule has 0 bridgehead atoms. The van der Waals surface area contributed by atoms with Crippen LogP contribution in [0.1, 0.15) is 27.7 Å². The first-order valence-electron chi connectivity index (χ1n) is 7.65. The summed E-state index contributed by atoms with van der Waals surface area (Å²) in [6.45, 7) is 9.17. The Balaban J connectivity index is 1.93. The molecule has 3 rings (SSSR count). The second-order valence-electron chi connectivity index (χ2n) is 6.27. The van der Waals surface area contributed by atoms with E-state index in [1.54, 1.807) is 18.7 Å². The maximum absolute atomic E-state index is 4.46. The summed E-state index contributed by atoms with van der Waals surface area (Å²) < 4.78 is 1.90. The molecule has 0 aliphatic rings. The third kappa shape index (κ3) is 3.08. The van der Waals surface area contributed by atoms with Crippen LogP contribution in [0.25, 0.3) is 11.0 Å². The molecule has 0 amide bonds. The molecule has 3 aromatic heterocycles. The van der Waals surface area contributed by atoms with Crippen molar-refractivity contribution in [3.63, 3.8) is 0 Å². The van der Waals surface area contributed by atoms with Crippen molar-refractivity contribution in [1.29, 1.82) is 0 Å². The minimum absolute atomic E-state index is 0.137. The summed E-state index contributed by atoms with van der Waals surface area (Å²) in [5.41, 5.74) is 1.55. The third-order valence-corrected chi connectivity index (χ3v) is 3.39. The molecule has 0 aliphatic heterocycles. The normalized spacial score (nSPS) is 11.7. The van der Waals surface area contributed by atoms with Gasteiger partial charge in [0.05, 0.1) is 29.0 Å². The lowest BCUT2D eigenvalue weighted by Crippen LogP contribution is -2.23. The van der Waals surface area contributed by atoms with Gasteiger partial charge in [0.2, 0.25) is 0 Å². The van der Waals surface area contributed by atoms with Gasteiger partial charge in [-0.05, 0) is 39.8 Å². The van der Waals surface area contributed by atoms with Crippen molar-refractivity contribution in [2.45, 2.75) is 33.2 Å². The molecule has 0 aliphatic carbocycles. The van der Waals surface area contributed by atoms with E-state index in [0.29, 0.717) is 0 Å². The zero-order valence-corrected chi connectivity index (χ0v) is 13.8. The summed E-state index contributed by atoms with van der Waals surface area (Å²) in [5, 5.41) is 11.8. The van der Waals surface area contributed by atoms with E-state index in [0.717, 1.165) is 34.9 Å². The van der Waals surface area contributed by atoms with Crippen molar-refractivity contribution in [2.75, 3.05) is 17.2 Å². The van der Waals surface area contributed by atoms with E-state index in [1.165, 1.54) is 0 Å². The van der Waals surface area contributed by atoms with Crippen LogP contribution in [0, 0.1) is 0 Å². The largest absolute Gasteiger partial charge is 0.370 e. The van der Waals surface area contributed by atoms with Gasteiger partial charge in [-0.2, -0.15) is 5.10 Å². The zero-order chi connectivity index (χ0) is 16.4. The van der Waals surface area contributed by atoms with Crippen molar-refractivity contribution in [2.24, 2.45) is 0 Å². The Labute approximate surface area is 135 Å². The molecule has 120 valence electrons. The van der Waals surface area contributed by atoms with Gasteiger partial charge in [-0.1, -0.05) is 0 Å². The van der Waals surface area contributed by atoms with Crippen LogP contribution in [0.2, 0.25) is 0 Å². The summed E-state index contributed by atoms with van der Waals surface area (Å²) in [4.78, 5) is 13.1. The summed E-state index contributed by atoms with van der Waals surface area (Å²) in [7, 11) is 0. The monoisotopic (exact) mass is 311 g/mol. The first-order valence-corrected chi connectivity index (χ1v) is 7.65. The van der Waals surface area contributed by atoms with E-state index >= 15 is 0 Å². The predicted molar refractivity (Wildman–Crippen MR) is 92.0 cm³/mol. The lowest BCUT2D eigenvalue weighted by molar-refractivity contribution is 0.366. The first-order chi connectivity index (χ1) is 11.0. The highest BCUT2D eigenvalue weighted by molar-refractivity contribution is 5.88. The van der Waals surface area contributed by atoms with Gasteiger partial charge in [-0.25, -0.2) is 19.6 Å². The van der Waals surface area contributed by atoms with Gasteiger partial charge in [0.25, 0.3) is 0 Å². The van der Waals surface area contributed by atoms with Gasteiger partial charge in [0.15, 0.2) is 5.65 Å². The number of aromatic nitrogens is 5. The molecule has 7 nitrogen and oxygen atoms in total. The van der Waals surface area contributed by atoms with E-state index in [4.69, 9.17) is 0 Å². The second kappa shape index (κ2) is 5.83. The van der Waals surface area contributed by atoms with E-state index in [9.17, 15) is 0 Å². The van der Waals surface area contributed by atoms with Gasteiger partial charge in [-0.3, -0.25) is 0 Å². The lowest BCUT2D eigenvalue weighted by Gasteiger charge is -2.19. The molecule has 0 radical (unpaired) electrons. The zero-order valence-electron chi connectivity index (χ0n) is 13.8. The van der Waals surface area contributed by atoms with Gasteiger partial charge >= 0.3 is 0 Å². The van der Waals surface area contributed by atoms with Gasteiger partial charge in [-0.15, -0.1) is 0 Å². The Morgan fingerprint density at radius 1 is 1.09 bits per heavy atom. The molecule has 3 aromatic rings. The van der Waals surface area contributed by atoms with Gasteiger partial charge < -0.3 is 10.6 Å². The minimum atomic E-state index is -0.137. The molecular weight excluding hydrogens is 290 g/mol. The first kappa shape index (κ1) is 15.2. The molecule has 0 fully saturated rings. The molecular formula is C16H21N7. The Bertz CT molecular complexity index is 799. The van der Waals surface area contributed by atoms with E-state index in [1.807, 2.05) is 23.7 Å². The fourth-order valence-corrected chi connectivity index (χ4v) is 2.32. The minimum Gasteiger partial charge on any atom is -0.370 e. The number of anilines is 3. The van der Waals surface area contributed by atoms with Crippen LogP contribution < -0.4 is 10.6 Å². The Kier molecular flexibility index (Phi) is 3.85. The molecule has 0 saturated carbocycles. The highest BCUT2D eigenvalue weighted by Crippen LogP contribution is 2.26. The van der Waals surface area contributed by atoms with E-state index in [-0.39, 0.29) is 5.54 Å². The van der Waals surface area contributed by atoms with Crippen LogP contribution in [-0.4, -0.2) is 31.3 Å². The van der Waals surface area contributed by atoms with Crippen LogP contribution in [0.15, 0.2) is 30.9 Å². The average Bonchev–Trinajstić information content (AvgIpc) is 2.95. The number of nitrogens with one attached hydrogen (secondary N) is 2. The second-order valence-corrected chi connectivity index (χ2v) is 6.27. The van der Waals surface area contributed by atoms with E-state index < -0.39 is 0 Å². The molecule has 0 spiro atoms. The smallest absolute Gasteiger partial charge is 0.163 e. The predicted octanol–water partition coefficient (Wildman–Crippen LogP) is 3.15. The van der Waals surface area contributed by atoms with Crippen molar-refractivity contribution in [3.05, 3.63) is 30.9 Å². The standard InChI is InChI=1S/C16H21N7/c1-5-17-13-7-6-11(8-18-13)22-14-12-9-21-23(16(2,3)4)15(12)20-10-19-14/h6-10H,5H2,1-4H3,(H,17,18)(H,19,20,22). The molecule has 2 N–H and O–H groups in total. The average molecular weight is 311 g/mol. The van der Waals surface area contributed by atoms with Crippen molar-refractivity contribution in [1.82, 2.24) is 24.7 Å². The Morgan fingerprint density at radius 2 is 1.91 bits per heavy atom. The van der Waals surface area contributed by atoms with E-state index in [2.05, 4.69) is 51.5 Å². The highest BCUT2D eigenvalue weighted by atomic mass is 15.3. The summed E-state index contributed by atoms with van der Waals surface area (Å²) in [5.74, 6) is 1.58. The molecule has 3 heterocycles. The number of pyridine rings is 1.